The number of carbonyl (C=O) groups is 1. The molecule has 4 aromatic rings. The van der Waals surface area contributed by atoms with Gasteiger partial charge in [0.15, 0.2) is 0 Å². The van der Waals surface area contributed by atoms with E-state index < -0.39 is 5.97 Å². The summed E-state index contributed by atoms with van der Waals surface area (Å²) in [7, 11) is 0. The van der Waals surface area contributed by atoms with Crippen LogP contribution in [0.25, 0.3) is 32.3 Å². The number of carboxylic acid groups (broad SMARTS) is 1. The Labute approximate surface area is 167 Å². The van der Waals surface area contributed by atoms with E-state index in [9.17, 15) is 4.79 Å². The molecule has 0 bridgehead atoms. The highest BCUT2D eigenvalue weighted by Crippen LogP contribution is 2.33. The molecule has 0 radical (unpaired) electrons. The fraction of sp³-hybridized carbons (Fsp3) is 0.346. The molecule has 0 saturated heterocycles. The first kappa shape index (κ1) is 20.1. The van der Waals surface area contributed by atoms with Crippen LogP contribution in [-0.4, -0.2) is 11.1 Å². The molecule has 0 heterocycles. The predicted octanol–water partition coefficient (Wildman–Crippen LogP) is 7.80. The number of benzene rings is 4. The number of aliphatic carboxylic acids is 1. The molecule has 0 aliphatic carbocycles. The second kappa shape index (κ2) is 10.1. The van der Waals surface area contributed by atoms with E-state index in [1.54, 1.807) is 0 Å². The second-order valence-electron chi connectivity index (χ2n) is 7.55. The van der Waals surface area contributed by atoms with Crippen LogP contribution in [0.3, 0.4) is 0 Å². The summed E-state index contributed by atoms with van der Waals surface area (Å²) in [5, 5.41) is 16.5. The van der Waals surface area contributed by atoms with Crippen molar-refractivity contribution in [2.75, 3.05) is 0 Å². The number of unbranched alkanes of at least 4 members (excludes halogenated alkanes) is 6. The minimum atomic E-state index is -0.663. The molecule has 0 spiro atoms. The van der Waals surface area contributed by atoms with Gasteiger partial charge in [0.2, 0.25) is 0 Å². The van der Waals surface area contributed by atoms with Gasteiger partial charge >= 0.3 is 5.97 Å². The van der Waals surface area contributed by atoms with E-state index in [-0.39, 0.29) is 0 Å². The third-order valence-electron chi connectivity index (χ3n) is 5.39. The minimum absolute atomic E-state index is 0.341. The third-order valence-corrected chi connectivity index (χ3v) is 5.39. The molecular weight excluding hydrogens is 344 g/mol. The van der Waals surface area contributed by atoms with Crippen molar-refractivity contribution in [2.24, 2.45) is 0 Å². The van der Waals surface area contributed by atoms with Crippen LogP contribution in [0.15, 0.2) is 60.7 Å². The summed E-state index contributed by atoms with van der Waals surface area (Å²) in [6, 6.07) is 21.9. The van der Waals surface area contributed by atoms with Crippen LogP contribution >= 0.6 is 0 Å². The lowest BCUT2D eigenvalue weighted by atomic mass is 9.95. The zero-order chi connectivity index (χ0) is 19.8. The van der Waals surface area contributed by atoms with E-state index in [0.29, 0.717) is 6.42 Å². The van der Waals surface area contributed by atoms with Crippen molar-refractivity contribution in [2.45, 2.75) is 58.3 Å². The first-order valence-corrected chi connectivity index (χ1v) is 10.5. The van der Waals surface area contributed by atoms with Crippen molar-refractivity contribution in [3.8, 4) is 0 Å². The van der Waals surface area contributed by atoms with Crippen LogP contribution < -0.4 is 0 Å². The van der Waals surface area contributed by atoms with Crippen molar-refractivity contribution in [3.05, 3.63) is 60.7 Å². The van der Waals surface area contributed by atoms with Gasteiger partial charge < -0.3 is 5.11 Å². The van der Waals surface area contributed by atoms with Gasteiger partial charge in [0.25, 0.3) is 0 Å². The Balaban J connectivity index is 0.000000170. The lowest BCUT2D eigenvalue weighted by Crippen LogP contribution is -1.93. The molecule has 146 valence electrons. The van der Waals surface area contributed by atoms with Gasteiger partial charge in [0, 0.05) is 6.42 Å². The van der Waals surface area contributed by atoms with Crippen molar-refractivity contribution in [1.29, 1.82) is 0 Å². The zero-order valence-corrected chi connectivity index (χ0v) is 16.8. The highest BCUT2D eigenvalue weighted by Gasteiger charge is 2.06. The maximum Gasteiger partial charge on any atom is 0.303 e. The molecule has 0 unspecified atom stereocenters. The van der Waals surface area contributed by atoms with E-state index in [1.165, 1.54) is 64.4 Å². The zero-order valence-electron chi connectivity index (χ0n) is 16.8. The molecule has 0 aliphatic heterocycles. The van der Waals surface area contributed by atoms with Crippen LogP contribution in [-0.2, 0) is 4.79 Å². The summed E-state index contributed by atoms with van der Waals surface area (Å²) in [5.41, 5.74) is 0. The minimum Gasteiger partial charge on any atom is -0.481 e. The van der Waals surface area contributed by atoms with Gasteiger partial charge in [-0.05, 0) is 38.7 Å². The first-order valence-electron chi connectivity index (χ1n) is 10.5. The number of carboxylic acids is 1. The molecule has 2 heteroatoms. The fourth-order valence-electron chi connectivity index (χ4n) is 3.90. The fourth-order valence-corrected chi connectivity index (χ4v) is 3.90. The average molecular weight is 375 g/mol. The molecule has 0 aromatic heterocycles. The third kappa shape index (κ3) is 5.01. The maximum atomic E-state index is 10.1. The number of hydrogen-bond acceptors (Lipinski definition) is 1. The Hall–Kier alpha value is -2.61. The predicted molar refractivity (Wildman–Crippen MR) is 120 cm³/mol. The van der Waals surface area contributed by atoms with Crippen LogP contribution in [0.2, 0.25) is 0 Å². The summed E-state index contributed by atoms with van der Waals surface area (Å²) < 4.78 is 0. The lowest BCUT2D eigenvalue weighted by molar-refractivity contribution is -0.137. The summed E-state index contributed by atoms with van der Waals surface area (Å²) in [6.45, 7) is 2.20. The smallest absolute Gasteiger partial charge is 0.303 e. The highest BCUT2D eigenvalue weighted by molar-refractivity contribution is 6.22. The highest BCUT2D eigenvalue weighted by atomic mass is 16.4. The van der Waals surface area contributed by atoms with Gasteiger partial charge in [0.05, 0.1) is 0 Å². The van der Waals surface area contributed by atoms with Crippen molar-refractivity contribution in [1.82, 2.24) is 0 Å². The monoisotopic (exact) mass is 374 g/mol. The Bertz CT molecular complexity index is 889. The summed E-state index contributed by atoms with van der Waals surface area (Å²) >= 11 is 0. The average Bonchev–Trinajstić information content (AvgIpc) is 2.72. The maximum absolute atomic E-state index is 10.1. The van der Waals surface area contributed by atoms with Crippen molar-refractivity contribution in [3.63, 3.8) is 0 Å². The van der Waals surface area contributed by atoms with Gasteiger partial charge in [-0.15, -0.1) is 0 Å². The van der Waals surface area contributed by atoms with E-state index in [2.05, 4.69) is 67.6 Å². The largest absolute Gasteiger partial charge is 0.481 e. The van der Waals surface area contributed by atoms with Crippen LogP contribution in [0, 0.1) is 0 Å². The first-order chi connectivity index (χ1) is 13.7. The van der Waals surface area contributed by atoms with Crippen LogP contribution in [0.1, 0.15) is 58.3 Å². The van der Waals surface area contributed by atoms with Crippen molar-refractivity contribution >= 4 is 38.3 Å². The SMILES string of the molecule is CCCCCCCCCC(=O)O.c1cc2ccc3cccc4ccc(c1)c2c34. The van der Waals surface area contributed by atoms with Gasteiger partial charge in [-0.2, -0.15) is 0 Å². The number of rotatable bonds is 8. The van der Waals surface area contributed by atoms with Gasteiger partial charge in [-0.1, -0.05) is 106 Å². The Kier molecular flexibility index (Phi) is 7.25. The summed E-state index contributed by atoms with van der Waals surface area (Å²) in [4.78, 5) is 10.1. The topological polar surface area (TPSA) is 37.3 Å². The molecule has 2 nitrogen and oxygen atoms in total. The lowest BCUT2D eigenvalue weighted by Gasteiger charge is -2.09. The Morgan fingerprint density at radius 3 is 1.43 bits per heavy atom. The molecule has 4 aromatic carbocycles. The molecule has 0 saturated carbocycles. The standard InChI is InChI=1S/C16H10.C10H20O2/c1-3-11-7-9-13-5-2-6-14-10-8-12(4-1)15(11)16(13)14;1-2-3-4-5-6-7-8-9-10(11)12/h1-10H;2-9H2,1H3,(H,11,12). The van der Waals surface area contributed by atoms with E-state index in [1.807, 2.05) is 0 Å². The van der Waals surface area contributed by atoms with Gasteiger partial charge in [-0.25, -0.2) is 0 Å². The molecule has 1 N–H and O–H groups in total. The van der Waals surface area contributed by atoms with E-state index in [0.717, 1.165) is 12.8 Å². The second-order valence-corrected chi connectivity index (χ2v) is 7.55. The van der Waals surface area contributed by atoms with E-state index in [4.69, 9.17) is 5.11 Å². The summed E-state index contributed by atoms with van der Waals surface area (Å²) in [5.74, 6) is -0.663. The van der Waals surface area contributed by atoms with Crippen LogP contribution in [0.5, 0.6) is 0 Å². The molecule has 28 heavy (non-hydrogen) atoms. The normalized spacial score (nSPS) is 11.0. The number of hydrogen-bond donors (Lipinski definition) is 1. The molecule has 0 fully saturated rings. The van der Waals surface area contributed by atoms with Crippen molar-refractivity contribution < 1.29 is 9.90 Å². The Morgan fingerprint density at radius 2 is 1.04 bits per heavy atom. The molecule has 4 rings (SSSR count). The van der Waals surface area contributed by atoms with Gasteiger partial charge in [-0.3, -0.25) is 4.79 Å². The van der Waals surface area contributed by atoms with Crippen LogP contribution in [0.4, 0.5) is 0 Å². The summed E-state index contributed by atoms with van der Waals surface area (Å²) in [6.07, 6.45) is 8.64. The van der Waals surface area contributed by atoms with Gasteiger partial charge in [0.1, 0.15) is 0 Å². The Morgan fingerprint density at radius 1 is 0.643 bits per heavy atom. The quantitative estimate of drug-likeness (QED) is 0.252. The molecule has 0 atom stereocenters. The molecular formula is C26H30O2. The molecule has 0 amide bonds. The van der Waals surface area contributed by atoms with E-state index >= 15 is 0 Å². The molecule has 0 aliphatic rings.